The summed E-state index contributed by atoms with van der Waals surface area (Å²) in [6.45, 7) is 2.38. The molecule has 0 bridgehead atoms. The zero-order chi connectivity index (χ0) is 16.4. The van der Waals surface area contributed by atoms with Crippen LogP contribution in [0.15, 0.2) is 30.3 Å². The monoisotopic (exact) mass is 352 g/mol. The number of hydrogen-bond donors (Lipinski definition) is 0. The fourth-order valence-electron chi connectivity index (χ4n) is 2.03. The molecule has 1 aliphatic heterocycles. The summed E-state index contributed by atoms with van der Waals surface area (Å²) >= 11 is 0. The van der Waals surface area contributed by atoms with Crippen LogP contribution < -0.4 is 5.30 Å². The molecule has 0 aromatic heterocycles. The summed E-state index contributed by atoms with van der Waals surface area (Å²) in [6, 6.07) is 10.7. The third-order valence-corrected chi connectivity index (χ3v) is 7.11. The zero-order valence-corrected chi connectivity index (χ0v) is 13.1. The average Bonchev–Trinajstić information content (AvgIpc) is 2.31. The van der Waals surface area contributed by atoms with Gasteiger partial charge in [0.05, 0.1) is 24.3 Å². The van der Waals surface area contributed by atoms with Crippen molar-refractivity contribution in [2.75, 3.05) is 19.0 Å². The summed E-state index contributed by atoms with van der Waals surface area (Å²) in [7, 11) is -11.6. The van der Waals surface area contributed by atoms with Gasteiger partial charge in [-0.15, -0.1) is 0 Å². The van der Waals surface area contributed by atoms with Crippen LogP contribution in [0.4, 0.5) is 25.2 Å². The quantitative estimate of drug-likeness (QED) is 0.468. The Labute approximate surface area is 119 Å². The van der Waals surface area contributed by atoms with E-state index in [4.69, 9.17) is 0 Å². The van der Waals surface area contributed by atoms with E-state index < -0.39 is 15.1 Å². The average molecular weight is 352 g/mol. The topological polar surface area (TPSA) is 17.1 Å². The van der Waals surface area contributed by atoms with Crippen molar-refractivity contribution < 1.29 is 30.0 Å². The molecule has 1 fully saturated rings. The van der Waals surface area contributed by atoms with Crippen LogP contribution in [0.2, 0.25) is 0 Å². The summed E-state index contributed by atoms with van der Waals surface area (Å²) in [5.74, 6) is 0.457. The van der Waals surface area contributed by atoms with Crippen molar-refractivity contribution in [3.05, 3.63) is 30.3 Å². The van der Waals surface area contributed by atoms with Crippen molar-refractivity contribution in [2.45, 2.75) is 12.8 Å². The van der Waals surface area contributed by atoms with Gasteiger partial charge in [0.2, 0.25) is 0 Å². The van der Waals surface area contributed by atoms with Crippen LogP contribution >= 0.6 is 15.1 Å². The number of Topliss-reactive ketones (excluding diaryl/α,β-unsaturated/α-hetero) is 1. The standard InChI is InChI=1S/C12H16OP.F6P/c1-14(9-7-11(13)8-10-14)12-5-3-2-4-6-12;1-7(2,3,4,5)6/h2-6H,7-10H2,1H3;/q+1;-1. The second-order valence-corrected chi connectivity index (χ2v) is 11.3. The molecule has 0 aliphatic carbocycles. The fourth-order valence-corrected chi connectivity index (χ4v) is 5.14. The summed E-state index contributed by atoms with van der Waals surface area (Å²) in [5.41, 5.74) is 0. The predicted octanol–water partition coefficient (Wildman–Crippen LogP) is 5.70. The van der Waals surface area contributed by atoms with Crippen LogP contribution in [-0.2, 0) is 4.79 Å². The number of benzene rings is 1. The van der Waals surface area contributed by atoms with Gasteiger partial charge in [0.15, 0.2) is 0 Å². The van der Waals surface area contributed by atoms with Crippen LogP contribution in [0, 0.1) is 0 Å². The van der Waals surface area contributed by atoms with Gasteiger partial charge in [0.25, 0.3) is 0 Å². The van der Waals surface area contributed by atoms with Gasteiger partial charge in [-0.2, -0.15) is 0 Å². The van der Waals surface area contributed by atoms with Crippen LogP contribution in [-0.4, -0.2) is 24.8 Å². The Hall–Kier alpha value is -0.670. The first kappa shape index (κ1) is 18.4. The maximum atomic E-state index is 11.2. The second kappa shape index (κ2) is 5.20. The molecule has 1 aliphatic rings. The number of rotatable bonds is 1. The number of halogens is 6. The van der Waals surface area contributed by atoms with E-state index in [0.717, 1.165) is 25.2 Å². The van der Waals surface area contributed by atoms with Crippen molar-refractivity contribution >= 4 is 26.2 Å². The molecule has 1 aromatic rings. The molecule has 1 nitrogen and oxygen atoms in total. The van der Waals surface area contributed by atoms with Crippen LogP contribution in [0.1, 0.15) is 12.8 Å². The summed E-state index contributed by atoms with van der Waals surface area (Å²) in [4.78, 5) is 11.2. The maximum absolute atomic E-state index is 11.2. The van der Waals surface area contributed by atoms with Gasteiger partial charge in [-0.05, 0) is 12.1 Å². The third-order valence-electron chi connectivity index (χ3n) is 3.15. The third kappa shape index (κ3) is 9.05. The van der Waals surface area contributed by atoms with E-state index in [-0.39, 0.29) is 0 Å². The summed E-state index contributed by atoms with van der Waals surface area (Å²) < 4.78 is 59.2. The molecule has 0 unspecified atom stereocenters. The molecule has 21 heavy (non-hydrogen) atoms. The van der Waals surface area contributed by atoms with Crippen molar-refractivity contribution in [1.82, 2.24) is 0 Å². The van der Waals surface area contributed by atoms with E-state index in [0.29, 0.717) is 5.78 Å². The molecule has 122 valence electrons. The minimum atomic E-state index is -10.7. The van der Waals surface area contributed by atoms with Gasteiger partial charge in [-0.1, -0.05) is 18.2 Å². The van der Waals surface area contributed by atoms with Gasteiger partial charge in [0.1, 0.15) is 5.78 Å². The van der Waals surface area contributed by atoms with Crippen LogP contribution in [0.5, 0.6) is 0 Å². The molecular formula is C12H16F6OP2. The molecule has 1 saturated heterocycles. The number of carbonyl (C=O) groups is 1. The molecule has 0 amide bonds. The number of ketones is 1. The first-order valence-corrected chi connectivity index (χ1v) is 10.8. The Morgan fingerprint density at radius 3 is 1.67 bits per heavy atom. The Bertz CT molecular complexity index is 489. The molecule has 2 rings (SSSR count). The van der Waals surface area contributed by atoms with Gasteiger partial charge in [-0.25, -0.2) is 0 Å². The van der Waals surface area contributed by atoms with E-state index in [2.05, 4.69) is 37.0 Å². The molecule has 0 N–H and O–H groups in total. The fraction of sp³-hybridized carbons (Fsp3) is 0.417. The Balaban J connectivity index is 0.000000270. The Morgan fingerprint density at radius 2 is 1.29 bits per heavy atom. The van der Waals surface area contributed by atoms with Gasteiger partial charge in [0, 0.05) is 20.1 Å². The van der Waals surface area contributed by atoms with Crippen molar-refractivity contribution in [3.8, 4) is 0 Å². The first-order chi connectivity index (χ1) is 9.16. The van der Waals surface area contributed by atoms with Crippen LogP contribution in [0.25, 0.3) is 0 Å². The number of carbonyl (C=O) groups excluding carboxylic acids is 1. The molecule has 1 aromatic carbocycles. The van der Waals surface area contributed by atoms with E-state index >= 15 is 0 Å². The Morgan fingerprint density at radius 1 is 0.905 bits per heavy atom. The van der Waals surface area contributed by atoms with E-state index in [9.17, 15) is 30.0 Å². The SMILES string of the molecule is C[P+]1(c2ccccc2)CCC(=O)CC1.F[P-](F)(F)(F)(F)F. The molecular weight excluding hydrogens is 336 g/mol. The molecule has 0 saturated carbocycles. The Kier molecular flexibility index (Phi) is 4.55. The van der Waals surface area contributed by atoms with Crippen molar-refractivity contribution in [3.63, 3.8) is 0 Å². The van der Waals surface area contributed by atoms with Gasteiger partial charge >= 0.3 is 33.0 Å². The van der Waals surface area contributed by atoms with E-state index in [1.54, 1.807) is 0 Å². The second-order valence-electron chi connectivity index (χ2n) is 5.18. The van der Waals surface area contributed by atoms with Gasteiger partial charge < -0.3 is 0 Å². The van der Waals surface area contributed by atoms with E-state index in [1.165, 1.54) is 5.30 Å². The van der Waals surface area contributed by atoms with Crippen LogP contribution in [0.3, 0.4) is 0 Å². The minimum absolute atomic E-state index is 0.457. The molecule has 0 spiro atoms. The predicted molar refractivity (Wildman–Crippen MR) is 76.5 cm³/mol. The first-order valence-electron chi connectivity index (χ1n) is 6.14. The van der Waals surface area contributed by atoms with Gasteiger partial charge in [-0.3, -0.25) is 4.79 Å². The van der Waals surface area contributed by atoms with Crippen molar-refractivity contribution in [2.24, 2.45) is 0 Å². The molecule has 0 radical (unpaired) electrons. The summed E-state index contributed by atoms with van der Waals surface area (Å²) in [6.07, 6.45) is 3.85. The molecule has 9 heteroatoms. The molecule has 1 heterocycles. The normalized spacial score (nSPS) is 21.6. The van der Waals surface area contributed by atoms with Crippen molar-refractivity contribution in [1.29, 1.82) is 0 Å². The number of hydrogen-bond acceptors (Lipinski definition) is 1. The summed E-state index contributed by atoms with van der Waals surface area (Å²) in [5, 5.41) is 1.49. The zero-order valence-electron chi connectivity index (χ0n) is 11.3. The van der Waals surface area contributed by atoms with E-state index in [1.807, 2.05) is 0 Å². The molecule has 0 atom stereocenters.